The van der Waals surface area contributed by atoms with Gasteiger partial charge in [0.05, 0.1) is 11.2 Å². The zero-order valence-electron chi connectivity index (χ0n) is 12.0. The van der Waals surface area contributed by atoms with E-state index in [2.05, 4.69) is 4.98 Å². The van der Waals surface area contributed by atoms with Gasteiger partial charge in [0.25, 0.3) is 0 Å². The number of rotatable bonds is 4. The van der Waals surface area contributed by atoms with Gasteiger partial charge < -0.3 is 10.1 Å². The number of hydrogen-bond acceptors (Lipinski definition) is 3. The first-order chi connectivity index (χ1) is 10.5. The molecule has 0 radical (unpaired) electrons. The molecule has 0 amide bonds. The molecule has 0 aliphatic rings. The van der Waals surface area contributed by atoms with E-state index in [0.717, 1.165) is 15.2 Å². The van der Waals surface area contributed by atoms with Crippen molar-refractivity contribution in [3.05, 3.63) is 47.0 Å². The van der Waals surface area contributed by atoms with E-state index in [1.165, 1.54) is 11.3 Å². The number of aromatic amines is 1. The zero-order chi connectivity index (χ0) is 15.9. The molecule has 3 aromatic rings. The highest BCUT2D eigenvalue weighted by Crippen LogP contribution is 2.31. The van der Waals surface area contributed by atoms with Crippen molar-refractivity contribution < 1.29 is 14.1 Å². The van der Waals surface area contributed by atoms with Gasteiger partial charge in [-0.3, -0.25) is 4.31 Å². The number of H-pyrrole nitrogens is 1. The Morgan fingerprint density at radius 1 is 1.36 bits per heavy atom. The molecule has 1 atom stereocenters. The second-order valence-corrected chi connectivity index (χ2v) is 7.55. The van der Waals surface area contributed by atoms with Gasteiger partial charge in [-0.05, 0) is 36.1 Å². The lowest BCUT2D eigenvalue weighted by molar-refractivity contribution is 0.0691. The lowest BCUT2D eigenvalue weighted by Gasteiger charge is -2.18. The van der Waals surface area contributed by atoms with Gasteiger partial charge in [0.15, 0.2) is 11.0 Å². The summed E-state index contributed by atoms with van der Waals surface area (Å²) < 4.78 is 15.0. The number of aromatic carboxylic acids is 1. The number of carboxylic acid groups (broad SMARTS) is 1. The van der Waals surface area contributed by atoms with E-state index in [0.29, 0.717) is 11.2 Å². The average molecular weight is 334 g/mol. The number of carbonyl (C=O) groups is 1. The lowest BCUT2D eigenvalue weighted by atomic mass is 10.1. The Morgan fingerprint density at radius 3 is 2.77 bits per heavy atom. The minimum atomic E-state index is -1.33. The van der Waals surface area contributed by atoms with Crippen molar-refractivity contribution in [2.45, 2.75) is 11.1 Å². The first kappa shape index (κ1) is 14.8. The second-order valence-electron chi connectivity index (χ2n) is 4.86. The Kier molecular flexibility index (Phi) is 3.76. The Labute approximate surface area is 133 Å². The van der Waals surface area contributed by atoms with Crippen LogP contribution in [0.2, 0.25) is 0 Å². The average Bonchev–Trinajstić information content (AvgIpc) is 3.16. The van der Waals surface area contributed by atoms with Crippen molar-refractivity contribution in [1.29, 1.82) is 0 Å². The normalized spacial score (nSPS) is 12.5. The summed E-state index contributed by atoms with van der Waals surface area (Å²) in [6.45, 7) is 1.92. The molecule has 7 heteroatoms. The van der Waals surface area contributed by atoms with Crippen LogP contribution in [0, 0.1) is 6.92 Å². The molecular weight excluding hydrogens is 320 g/mol. The van der Waals surface area contributed by atoms with Crippen LogP contribution in [0.5, 0.6) is 0 Å². The summed E-state index contributed by atoms with van der Waals surface area (Å²) in [6, 6.07) is 9.04. The van der Waals surface area contributed by atoms with Crippen LogP contribution in [0.15, 0.2) is 39.9 Å². The topological polar surface area (TPSA) is 73.4 Å². The van der Waals surface area contributed by atoms with E-state index < -0.39 is 17.0 Å². The number of aryl methyl sites for hydroxylation is 1. The van der Waals surface area contributed by atoms with Crippen LogP contribution in [0.4, 0.5) is 5.69 Å². The highest BCUT2D eigenvalue weighted by molar-refractivity contribution is 7.88. The smallest absolute Gasteiger partial charge is 0.352 e. The third kappa shape index (κ3) is 2.42. The number of anilines is 1. The van der Waals surface area contributed by atoms with Crippen molar-refractivity contribution >= 4 is 44.9 Å². The molecule has 0 spiro atoms. The van der Waals surface area contributed by atoms with E-state index in [9.17, 15) is 9.00 Å². The third-order valence-corrected chi connectivity index (χ3v) is 6.03. The molecular formula is C15H14N2O3S2. The van der Waals surface area contributed by atoms with Gasteiger partial charge in [-0.15, -0.1) is 11.3 Å². The summed E-state index contributed by atoms with van der Waals surface area (Å²) in [5, 5.41) is 11.9. The summed E-state index contributed by atoms with van der Waals surface area (Å²) in [5.41, 5.74) is 2.49. The molecule has 2 aromatic heterocycles. The summed E-state index contributed by atoms with van der Waals surface area (Å²) in [6.07, 6.45) is 0. The zero-order valence-corrected chi connectivity index (χ0v) is 13.6. The van der Waals surface area contributed by atoms with E-state index in [1.807, 2.05) is 36.6 Å². The maximum absolute atomic E-state index is 12.6. The van der Waals surface area contributed by atoms with Crippen LogP contribution in [0.3, 0.4) is 0 Å². The molecule has 0 saturated heterocycles. The molecule has 3 rings (SSSR count). The van der Waals surface area contributed by atoms with Crippen molar-refractivity contribution in [1.82, 2.24) is 4.98 Å². The molecule has 1 aromatic carbocycles. The third-order valence-electron chi connectivity index (χ3n) is 3.48. The Morgan fingerprint density at radius 2 is 2.14 bits per heavy atom. The molecule has 0 bridgehead atoms. The lowest BCUT2D eigenvalue weighted by Crippen LogP contribution is -2.20. The van der Waals surface area contributed by atoms with Crippen molar-refractivity contribution in [3.8, 4) is 0 Å². The molecule has 5 nitrogen and oxygen atoms in total. The van der Waals surface area contributed by atoms with Crippen LogP contribution in [-0.4, -0.2) is 27.3 Å². The predicted molar refractivity (Wildman–Crippen MR) is 89.1 cm³/mol. The van der Waals surface area contributed by atoms with Gasteiger partial charge in [-0.1, -0.05) is 12.1 Å². The Balaban J connectivity index is 2.12. The molecule has 0 aliphatic carbocycles. The fourth-order valence-electron chi connectivity index (χ4n) is 2.31. The SMILES string of the molecule is Cc1ccc(N(C)S(=O)c2cccs2)c2[nH]c(C(=O)O)cc12. The summed E-state index contributed by atoms with van der Waals surface area (Å²) >= 11 is 1.43. The van der Waals surface area contributed by atoms with Gasteiger partial charge in [0.1, 0.15) is 9.90 Å². The summed E-state index contributed by atoms with van der Waals surface area (Å²) in [4.78, 5) is 14.1. The molecule has 0 fully saturated rings. The van der Waals surface area contributed by atoms with E-state index in [-0.39, 0.29) is 5.69 Å². The largest absolute Gasteiger partial charge is 0.477 e. The predicted octanol–water partition coefficient (Wildman–Crippen LogP) is 3.40. The van der Waals surface area contributed by atoms with E-state index in [4.69, 9.17) is 5.11 Å². The van der Waals surface area contributed by atoms with Crippen LogP contribution >= 0.6 is 11.3 Å². The number of thiophene rings is 1. The molecule has 0 saturated carbocycles. The second kappa shape index (κ2) is 5.58. The molecule has 114 valence electrons. The minimum absolute atomic E-state index is 0.126. The molecule has 1 unspecified atom stereocenters. The van der Waals surface area contributed by atoms with Crippen molar-refractivity contribution in [3.63, 3.8) is 0 Å². The first-order valence-corrected chi connectivity index (χ1v) is 8.52. The molecule has 2 heterocycles. The Hall–Kier alpha value is -2.12. The van der Waals surface area contributed by atoms with Gasteiger partial charge in [0, 0.05) is 12.4 Å². The van der Waals surface area contributed by atoms with Crippen molar-refractivity contribution in [2.24, 2.45) is 0 Å². The van der Waals surface area contributed by atoms with Gasteiger partial charge >= 0.3 is 5.97 Å². The number of aromatic nitrogens is 1. The summed E-state index contributed by atoms with van der Waals surface area (Å²) in [7, 11) is 0.410. The van der Waals surface area contributed by atoms with Gasteiger partial charge in [-0.2, -0.15) is 0 Å². The van der Waals surface area contributed by atoms with Crippen molar-refractivity contribution in [2.75, 3.05) is 11.4 Å². The highest BCUT2D eigenvalue weighted by atomic mass is 32.2. The number of hydrogen-bond donors (Lipinski definition) is 2. The molecule has 22 heavy (non-hydrogen) atoms. The van der Waals surface area contributed by atoms with Crippen LogP contribution in [0.25, 0.3) is 10.9 Å². The monoisotopic (exact) mass is 334 g/mol. The van der Waals surface area contributed by atoms with E-state index >= 15 is 0 Å². The highest BCUT2D eigenvalue weighted by Gasteiger charge is 2.18. The minimum Gasteiger partial charge on any atom is -0.477 e. The molecule has 2 N–H and O–H groups in total. The molecule has 0 aliphatic heterocycles. The van der Waals surface area contributed by atoms with Crippen LogP contribution in [-0.2, 0) is 11.0 Å². The number of nitrogens with zero attached hydrogens (tertiary/aromatic N) is 1. The fourth-order valence-corrected chi connectivity index (χ4v) is 4.38. The Bertz CT molecular complexity index is 868. The number of carboxylic acids is 1. The van der Waals surface area contributed by atoms with Gasteiger partial charge in [0.2, 0.25) is 0 Å². The van der Waals surface area contributed by atoms with Crippen LogP contribution in [0.1, 0.15) is 16.1 Å². The number of fused-ring (bicyclic) bond motifs is 1. The maximum atomic E-state index is 12.6. The summed E-state index contributed by atoms with van der Waals surface area (Å²) in [5.74, 6) is -1.01. The van der Waals surface area contributed by atoms with E-state index in [1.54, 1.807) is 17.4 Å². The first-order valence-electron chi connectivity index (χ1n) is 6.54. The standard InChI is InChI=1S/C15H14N2O3S2/c1-9-5-6-12(14-10(9)8-11(16-14)15(18)19)17(2)22(20)13-4-3-7-21-13/h3-8,16H,1-2H3,(H,18,19). The van der Waals surface area contributed by atoms with Gasteiger partial charge in [-0.25, -0.2) is 9.00 Å². The maximum Gasteiger partial charge on any atom is 0.352 e. The van der Waals surface area contributed by atoms with Crippen LogP contribution < -0.4 is 4.31 Å². The number of benzene rings is 1. The quantitative estimate of drug-likeness (QED) is 0.768. The number of nitrogens with one attached hydrogen (secondary N) is 1. The fraction of sp³-hybridized carbons (Fsp3) is 0.133.